The molecule has 1 aliphatic rings. The van der Waals surface area contributed by atoms with E-state index in [0.29, 0.717) is 39.6 Å². The predicted octanol–water partition coefficient (Wildman–Crippen LogP) is 2.07. The van der Waals surface area contributed by atoms with Gasteiger partial charge in [-0.2, -0.15) is 0 Å². The second kappa shape index (κ2) is 11.3. The molecule has 0 saturated carbocycles. The Kier molecular flexibility index (Phi) is 10.2. The molecule has 1 aliphatic heterocycles. The Labute approximate surface area is 141 Å². The number of hydrogen-bond donors (Lipinski definition) is 0. The molecule has 0 aromatic rings. The second-order valence-corrected chi connectivity index (χ2v) is 9.01. The summed E-state index contributed by atoms with van der Waals surface area (Å²) in [6, 6.07) is 0.888. The molecular weight excluding hydrogens is 316 g/mol. The van der Waals surface area contributed by atoms with E-state index in [1.54, 1.807) is 21.3 Å². The third-order valence-corrected chi connectivity index (χ3v) is 8.41. The van der Waals surface area contributed by atoms with Gasteiger partial charge in [0.15, 0.2) is 0 Å². The van der Waals surface area contributed by atoms with E-state index in [-0.39, 0.29) is 0 Å². The first-order valence-corrected chi connectivity index (χ1v) is 10.2. The molecule has 1 rings (SSSR count). The molecule has 1 unspecified atom stereocenters. The Balaban J connectivity index is 2.92. The summed E-state index contributed by atoms with van der Waals surface area (Å²) in [5.41, 5.74) is 0. The van der Waals surface area contributed by atoms with Crippen molar-refractivity contribution in [2.45, 2.75) is 30.5 Å². The zero-order valence-corrected chi connectivity index (χ0v) is 15.8. The van der Waals surface area contributed by atoms with Crippen LogP contribution in [-0.4, -0.2) is 74.8 Å². The highest BCUT2D eigenvalue weighted by Crippen LogP contribution is 2.41. The lowest BCUT2D eigenvalue weighted by Crippen LogP contribution is -2.65. The van der Waals surface area contributed by atoms with Crippen molar-refractivity contribution in [3.63, 3.8) is 0 Å². The molecule has 0 aromatic carbocycles. The van der Waals surface area contributed by atoms with E-state index < -0.39 is 13.8 Å². The normalized spacial score (nSPS) is 23.8. The fourth-order valence-corrected chi connectivity index (χ4v) is 6.98. The molecule has 0 N–H and O–H groups in total. The Bertz CT molecular complexity index is 318. The van der Waals surface area contributed by atoms with Crippen molar-refractivity contribution in [2.24, 2.45) is 0 Å². The summed E-state index contributed by atoms with van der Waals surface area (Å²) in [5, 5.41) is -0.550. The molecule has 0 bridgehead atoms. The minimum absolute atomic E-state index is 0.499. The molecule has 0 aromatic heterocycles. The van der Waals surface area contributed by atoms with Gasteiger partial charge in [0.2, 0.25) is 0 Å². The summed E-state index contributed by atoms with van der Waals surface area (Å²) in [7, 11) is 2.36. The van der Waals surface area contributed by atoms with Crippen molar-refractivity contribution in [3.05, 3.63) is 12.7 Å². The van der Waals surface area contributed by atoms with E-state index in [9.17, 15) is 0 Å². The van der Waals surface area contributed by atoms with Crippen molar-refractivity contribution < 1.29 is 27.8 Å². The zero-order chi connectivity index (χ0) is 17.0. The number of hydrogen-bond acceptors (Lipinski definition) is 6. The Morgan fingerprint density at radius 2 is 1.43 bits per heavy atom. The van der Waals surface area contributed by atoms with Crippen LogP contribution in [0.2, 0.25) is 6.04 Å². The van der Waals surface area contributed by atoms with Gasteiger partial charge in [-0.25, -0.2) is 0 Å². The molecule has 0 spiro atoms. The highest BCUT2D eigenvalue weighted by Gasteiger charge is 2.59. The smallest absolute Gasteiger partial charge is 0.375 e. The molecule has 1 heterocycles. The van der Waals surface area contributed by atoms with Gasteiger partial charge in [-0.15, -0.1) is 6.58 Å². The lowest BCUT2D eigenvalue weighted by atomic mass is 10.1. The summed E-state index contributed by atoms with van der Waals surface area (Å²) in [6.45, 7) is 7.14. The quantitative estimate of drug-likeness (QED) is 0.288. The van der Waals surface area contributed by atoms with Crippen LogP contribution in [-0.2, 0) is 27.8 Å². The molecular formula is C16H32O6Si. The largest absolute Gasteiger partial charge is 0.390 e. The average molecular weight is 349 g/mol. The fraction of sp³-hybridized carbons (Fsp3) is 0.875. The molecule has 0 radical (unpaired) electrons. The van der Waals surface area contributed by atoms with Crippen LogP contribution in [0.1, 0.15) is 19.3 Å². The molecule has 0 amide bonds. The first kappa shape index (κ1) is 20.8. The van der Waals surface area contributed by atoms with Gasteiger partial charge in [-0.1, -0.05) is 18.9 Å². The zero-order valence-electron chi connectivity index (χ0n) is 14.8. The molecule has 0 aliphatic carbocycles. The third kappa shape index (κ3) is 5.63. The molecule has 23 heavy (non-hydrogen) atoms. The van der Waals surface area contributed by atoms with Crippen LogP contribution in [0.3, 0.4) is 0 Å². The van der Waals surface area contributed by atoms with Gasteiger partial charge < -0.3 is 27.8 Å². The van der Waals surface area contributed by atoms with E-state index in [0.717, 1.165) is 25.3 Å². The minimum Gasteiger partial charge on any atom is -0.390 e. The number of rotatable bonds is 13. The Morgan fingerprint density at radius 3 is 1.96 bits per heavy atom. The maximum absolute atomic E-state index is 6.29. The van der Waals surface area contributed by atoms with E-state index >= 15 is 0 Å². The van der Waals surface area contributed by atoms with Gasteiger partial charge in [-0.3, -0.25) is 0 Å². The van der Waals surface area contributed by atoms with Gasteiger partial charge >= 0.3 is 8.56 Å². The van der Waals surface area contributed by atoms with Crippen molar-refractivity contribution in [1.29, 1.82) is 0 Å². The molecule has 1 fully saturated rings. The van der Waals surface area contributed by atoms with Crippen molar-refractivity contribution in [1.82, 2.24) is 0 Å². The third-order valence-electron chi connectivity index (χ3n) is 4.17. The molecule has 6 nitrogen and oxygen atoms in total. The molecule has 136 valence electrons. The highest BCUT2D eigenvalue weighted by molar-refractivity contribution is 6.71. The summed E-state index contributed by atoms with van der Waals surface area (Å²) < 4.78 is 34.2. The van der Waals surface area contributed by atoms with Crippen molar-refractivity contribution in [3.8, 4) is 0 Å². The van der Waals surface area contributed by atoms with Crippen molar-refractivity contribution >= 4 is 8.56 Å². The van der Waals surface area contributed by atoms with Gasteiger partial charge in [0.05, 0.1) is 39.6 Å². The van der Waals surface area contributed by atoms with Crippen LogP contribution in [0.4, 0.5) is 0 Å². The monoisotopic (exact) mass is 348 g/mol. The van der Waals surface area contributed by atoms with Gasteiger partial charge in [-0.05, 0) is 12.5 Å². The number of ether oxygens (including phenoxy) is 4. The maximum Gasteiger partial charge on any atom is 0.375 e. The molecule has 7 heteroatoms. The van der Waals surface area contributed by atoms with E-state index in [1.807, 2.05) is 6.08 Å². The van der Waals surface area contributed by atoms with Crippen LogP contribution in [0, 0.1) is 0 Å². The van der Waals surface area contributed by atoms with Gasteiger partial charge in [0, 0.05) is 21.3 Å². The SMILES string of the molecule is C=CC1(OCCOC)CCCC[Si]1(OCCOC)OCCOC. The minimum atomic E-state index is -2.64. The van der Waals surface area contributed by atoms with Crippen LogP contribution in [0.5, 0.6) is 0 Å². The second-order valence-electron chi connectivity index (χ2n) is 5.58. The molecule has 1 saturated heterocycles. The fourth-order valence-electron chi connectivity index (χ4n) is 2.96. The Morgan fingerprint density at radius 1 is 0.870 bits per heavy atom. The summed E-state index contributed by atoms with van der Waals surface area (Å²) in [5.74, 6) is 0. The standard InChI is InChI=1S/C16H32O6Si/c1-5-16(20-12-9-17-2)8-6-7-15-23(16,21-13-10-18-3)22-14-11-19-4/h5H,1,6-15H2,2-4H3. The maximum atomic E-state index is 6.29. The van der Waals surface area contributed by atoms with E-state index in [1.165, 1.54) is 0 Å². The lowest BCUT2D eigenvalue weighted by Gasteiger charge is -2.48. The van der Waals surface area contributed by atoms with Gasteiger partial charge in [0.25, 0.3) is 0 Å². The summed E-state index contributed by atoms with van der Waals surface area (Å²) in [4.78, 5) is 0. The van der Waals surface area contributed by atoms with Crippen LogP contribution >= 0.6 is 0 Å². The first-order chi connectivity index (χ1) is 11.2. The summed E-state index contributed by atoms with van der Waals surface area (Å²) >= 11 is 0. The Hall–Kier alpha value is -0.283. The van der Waals surface area contributed by atoms with Gasteiger partial charge in [0.1, 0.15) is 5.22 Å². The molecule has 1 atom stereocenters. The highest BCUT2D eigenvalue weighted by atomic mass is 28.4. The number of methoxy groups -OCH3 is 3. The van der Waals surface area contributed by atoms with Crippen molar-refractivity contribution in [2.75, 3.05) is 61.0 Å². The van der Waals surface area contributed by atoms with E-state index in [2.05, 4.69) is 6.58 Å². The van der Waals surface area contributed by atoms with Crippen LogP contribution in [0.15, 0.2) is 12.7 Å². The topological polar surface area (TPSA) is 55.4 Å². The van der Waals surface area contributed by atoms with Crippen LogP contribution < -0.4 is 0 Å². The predicted molar refractivity (Wildman–Crippen MR) is 90.8 cm³/mol. The first-order valence-electron chi connectivity index (χ1n) is 8.22. The lowest BCUT2D eigenvalue weighted by molar-refractivity contribution is -0.0403. The average Bonchev–Trinajstić information content (AvgIpc) is 2.57. The van der Waals surface area contributed by atoms with E-state index in [4.69, 9.17) is 27.8 Å². The summed E-state index contributed by atoms with van der Waals surface area (Å²) in [6.07, 6.45) is 4.91. The van der Waals surface area contributed by atoms with Crippen LogP contribution in [0.25, 0.3) is 0 Å².